The Morgan fingerprint density at radius 2 is 1.78 bits per heavy atom. The van der Waals surface area contributed by atoms with Gasteiger partial charge in [-0.05, 0) is 81.5 Å². The van der Waals surface area contributed by atoms with Gasteiger partial charge >= 0.3 is 0 Å². The lowest BCUT2D eigenvalue weighted by molar-refractivity contribution is -0.0908. The summed E-state index contributed by atoms with van der Waals surface area (Å²) < 4.78 is 0. The van der Waals surface area contributed by atoms with E-state index in [0.717, 1.165) is 51.4 Å². The zero-order valence-corrected chi connectivity index (χ0v) is 14.6. The second kappa shape index (κ2) is 5.31. The van der Waals surface area contributed by atoms with Crippen molar-refractivity contribution in [1.29, 1.82) is 0 Å². The van der Waals surface area contributed by atoms with Gasteiger partial charge in [0.15, 0.2) is 0 Å². The van der Waals surface area contributed by atoms with Crippen molar-refractivity contribution in [3.8, 4) is 0 Å². The average molecular weight is 320 g/mol. The Bertz CT molecular complexity index is 527. The summed E-state index contributed by atoms with van der Waals surface area (Å²) >= 11 is 0. The number of hydrogen-bond acceptors (Lipinski definition) is 3. The highest BCUT2D eigenvalue weighted by atomic mass is 16.3. The van der Waals surface area contributed by atoms with Crippen LogP contribution >= 0.6 is 0 Å². The molecule has 0 aromatic heterocycles. The van der Waals surface area contributed by atoms with Gasteiger partial charge in [-0.3, -0.25) is 0 Å². The third kappa shape index (κ3) is 2.06. The minimum absolute atomic E-state index is 0.0822. The van der Waals surface area contributed by atoms with Gasteiger partial charge < -0.3 is 15.3 Å². The van der Waals surface area contributed by atoms with Gasteiger partial charge in [0.05, 0.1) is 18.8 Å². The molecule has 130 valence electrons. The van der Waals surface area contributed by atoms with Crippen LogP contribution in [0.25, 0.3) is 0 Å². The predicted octanol–water partition coefficient (Wildman–Crippen LogP) is 3.03. The van der Waals surface area contributed by atoms with Crippen molar-refractivity contribution in [1.82, 2.24) is 0 Å². The molecule has 3 saturated carbocycles. The highest BCUT2D eigenvalue weighted by molar-refractivity contribution is 5.31. The normalized spacial score (nSPS) is 52.8. The fourth-order valence-corrected chi connectivity index (χ4v) is 7.12. The van der Waals surface area contributed by atoms with Gasteiger partial charge in [0.1, 0.15) is 0 Å². The van der Waals surface area contributed by atoms with Crippen LogP contribution in [0.2, 0.25) is 0 Å². The first-order valence-electron chi connectivity index (χ1n) is 9.58. The number of aliphatic hydroxyl groups is 3. The van der Waals surface area contributed by atoms with Crippen LogP contribution in [-0.4, -0.2) is 34.1 Å². The second-order valence-electron chi connectivity index (χ2n) is 9.19. The summed E-state index contributed by atoms with van der Waals surface area (Å²) in [6.45, 7) is 4.77. The van der Waals surface area contributed by atoms with E-state index in [2.05, 4.69) is 13.8 Å². The molecule has 0 heterocycles. The average Bonchev–Trinajstić information content (AvgIpc) is 2.84. The monoisotopic (exact) mass is 320 g/mol. The van der Waals surface area contributed by atoms with Gasteiger partial charge in [0.2, 0.25) is 0 Å². The Morgan fingerprint density at radius 1 is 1.00 bits per heavy atom. The minimum atomic E-state index is -0.224. The van der Waals surface area contributed by atoms with Crippen LogP contribution in [0.1, 0.15) is 65.2 Å². The molecule has 0 radical (unpaired) electrons. The van der Waals surface area contributed by atoms with E-state index in [4.69, 9.17) is 0 Å². The smallest absolute Gasteiger partial charge is 0.0596 e. The first-order valence-corrected chi connectivity index (χ1v) is 9.58. The Hall–Kier alpha value is -0.380. The summed E-state index contributed by atoms with van der Waals surface area (Å²) in [6, 6.07) is 0. The van der Waals surface area contributed by atoms with Gasteiger partial charge in [-0.15, -0.1) is 0 Å². The van der Waals surface area contributed by atoms with Gasteiger partial charge in [-0.25, -0.2) is 0 Å². The summed E-state index contributed by atoms with van der Waals surface area (Å²) in [5.41, 5.74) is 2.80. The molecule has 3 fully saturated rings. The van der Waals surface area contributed by atoms with Gasteiger partial charge in [0, 0.05) is 5.41 Å². The van der Waals surface area contributed by atoms with Crippen LogP contribution in [0.4, 0.5) is 0 Å². The molecule has 0 aromatic rings. The van der Waals surface area contributed by atoms with Crippen LogP contribution in [-0.2, 0) is 0 Å². The molecule has 3 heteroatoms. The minimum Gasteiger partial charge on any atom is -0.395 e. The number of aliphatic hydroxyl groups excluding tert-OH is 3. The first-order chi connectivity index (χ1) is 10.9. The summed E-state index contributed by atoms with van der Waals surface area (Å²) in [7, 11) is 0. The first kappa shape index (κ1) is 16.1. The molecule has 0 bridgehead atoms. The molecular formula is C20H32O3. The Morgan fingerprint density at radius 3 is 2.52 bits per heavy atom. The van der Waals surface area contributed by atoms with Crippen LogP contribution < -0.4 is 0 Å². The molecule has 23 heavy (non-hydrogen) atoms. The highest BCUT2D eigenvalue weighted by Crippen LogP contribution is 2.65. The van der Waals surface area contributed by atoms with Gasteiger partial charge in [-0.2, -0.15) is 0 Å². The summed E-state index contributed by atoms with van der Waals surface area (Å²) in [5, 5.41) is 31.1. The Kier molecular flexibility index (Phi) is 3.72. The number of hydrogen-bond donors (Lipinski definition) is 3. The van der Waals surface area contributed by atoms with E-state index >= 15 is 0 Å². The summed E-state index contributed by atoms with van der Waals surface area (Å²) in [6.07, 6.45) is 7.59. The van der Waals surface area contributed by atoms with Crippen molar-refractivity contribution in [3.05, 3.63) is 11.1 Å². The van der Waals surface area contributed by atoms with Gasteiger partial charge in [0.25, 0.3) is 0 Å². The molecule has 4 aliphatic carbocycles. The van der Waals surface area contributed by atoms with Crippen molar-refractivity contribution >= 4 is 0 Å². The SMILES string of the molecule is CC1=C2C[C@H](O)CC[C@]2(CO)[C@H]2CC[C@]3(C)[C@@H](O)CC[C@H]3[C@@H]2C1. The number of rotatable bonds is 1. The molecule has 0 aromatic carbocycles. The van der Waals surface area contributed by atoms with E-state index in [-0.39, 0.29) is 29.6 Å². The maximum atomic E-state index is 10.5. The lowest BCUT2D eigenvalue weighted by Crippen LogP contribution is -2.54. The third-order valence-electron chi connectivity index (χ3n) is 8.40. The second-order valence-corrected chi connectivity index (χ2v) is 9.19. The topological polar surface area (TPSA) is 60.7 Å². The van der Waals surface area contributed by atoms with E-state index in [1.165, 1.54) is 11.1 Å². The molecule has 0 spiro atoms. The molecule has 3 nitrogen and oxygen atoms in total. The van der Waals surface area contributed by atoms with Crippen molar-refractivity contribution in [3.63, 3.8) is 0 Å². The van der Waals surface area contributed by atoms with Crippen LogP contribution in [0.3, 0.4) is 0 Å². The van der Waals surface area contributed by atoms with Gasteiger partial charge in [-0.1, -0.05) is 18.1 Å². The fourth-order valence-electron chi connectivity index (χ4n) is 7.12. The van der Waals surface area contributed by atoms with E-state index in [0.29, 0.717) is 17.8 Å². The van der Waals surface area contributed by atoms with Crippen molar-refractivity contribution < 1.29 is 15.3 Å². The van der Waals surface area contributed by atoms with Crippen LogP contribution in [0, 0.1) is 28.6 Å². The Balaban J connectivity index is 1.75. The quantitative estimate of drug-likeness (QED) is 0.651. The molecular weight excluding hydrogens is 288 g/mol. The largest absolute Gasteiger partial charge is 0.395 e. The molecule has 4 aliphatic rings. The number of allylic oxidation sites excluding steroid dienone is 1. The third-order valence-corrected chi connectivity index (χ3v) is 8.40. The van der Waals surface area contributed by atoms with E-state index in [1.807, 2.05) is 0 Å². The van der Waals surface area contributed by atoms with Crippen LogP contribution in [0.15, 0.2) is 11.1 Å². The number of fused-ring (bicyclic) bond motifs is 5. The molecule has 7 atom stereocenters. The van der Waals surface area contributed by atoms with E-state index in [9.17, 15) is 15.3 Å². The standard InChI is InChI=1S/C20H32O3/c1-12-9-14-15-3-4-18(23)19(15,2)7-6-16(14)20(11-21)8-5-13(22)10-17(12)20/h13-16,18,21-23H,3-11H2,1-2H3/t13-,14+,15+,16+,18+,19+,20+/m1/s1. The zero-order chi connectivity index (χ0) is 16.4. The maximum Gasteiger partial charge on any atom is 0.0596 e. The lowest BCUT2D eigenvalue weighted by Gasteiger charge is -2.59. The van der Waals surface area contributed by atoms with Crippen molar-refractivity contribution in [2.75, 3.05) is 6.61 Å². The molecule has 0 aliphatic heterocycles. The van der Waals surface area contributed by atoms with Crippen LogP contribution in [0.5, 0.6) is 0 Å². The van der Waals surface area contributed by atoms with Crippen molar-refractivity contribution in [2.24, 2.45) is 28.6 Å². The molecule has 4 rings (SSSR count). The lowest BCUT2D eigenvalue weighted by atomic mass is 9.46. The summed E-state index contributed by atoms with van der Waals surface area (Å²) in [4.78, 5) is 0. The molecule has 0 unspecified atom stereocenters. The van der Waals surface area contributed by atoms with E-state index in [1.54, 1.807) is 0 Å². The predicted molar refractivity (Wildman–Crippen MR) is 89.7 cm³/mol. The summed E-state index contributed by atoms with van der Waals surface area (Å²) in [5.74, 6) is 1.75. The van der Waals surface area contributed by atoms with E-state index < -0.39 is 0 Å². The fraction of sp³-hybridized carbons (Fsp3) is 0.900. The van der Waals surface area contributed by atoms with Crippen molar-refractivity contribution in [2.45, 2.75) is 77.4 Å². The Labute approximate surface area is 139 Å². The molecule has 3 N–H and O–H groups in total. The highest BCUT2D eigenvalue weighted by Gasteiger charge is 2.60. The molecule has 0 amide bonds. The maximum absolute atomic E-state index is 10.5. The zero-order valence-electron chi connectivity index (χ0n) is 14.6. The molecule has 0 saturated heterocycles.